The van der Waals surface area contributed by atoms with E-state index in [1.54, 1.807) is 0 Å². The third-order valence-electron chi connectivity index (χ3n) is 4.00. The topological polar surface area (TPSA) is 128 Å². The van der Waals surface area contributed by atoms with Crippen molar-refractivity contribution in [3.05, 3.63) is 0 Å². The van der Waals surface area contributed by atoms with Crippen LogP contribution in [-0.4, -0.2) is 82.7 Å². The molecule has 0 aliphatic carbocycles. The third kappa shape index (κ3) is 4.85. The van der Waals surface area contributed by atoms with Crippen LogP contribution < -0.4 is 0 Å². The number of aliphatic hydroxyl groups excluding tert-OH is 4. The van der Waals surface area contributed by atoms with E-state index in [-0.39, 0.29) is 0 Å². The molecule has 5 atom stereocenters. The Morgan fingerprint density at radius 2 is 1.61 bits per heavy atom. The summed E-state index contributed by atoms with van der Waals surface area (Å²) < 4.78 is 32.0. The molecule has 0 bridgehead atoms. The largest absolute Gasteiger partial charge is 0.394 e. The summed E-state index contributed by atoms with van der Waals surface area (Å²) in [6.07, 6.45) is -3.04. The van der Waals surface area contributed by atoms with Gasteiger partial charge in [-0.3, -0.25) is 0 Å². The highest BCUT2D eigenvalue weighted by Gasteiger charge is 2.52. The summed E-state index contributed by atoms with van der Waals surface area (Å²) in [6, 6.07) is 0. The minimum absolute atomic E-state index is 0.314. The van der Waals surface area contributed by atoms with Gasteiger partial charge >= 0.3 is 0 Å². The van der Waals surface area contributed by atoms with Crippen molar-refractivity contribution in [1.29, 1.82) is 0 Å². The van der Waals surface area contributed by atoms with Crippen molar-refractivity contribution in [1.82, 2.24) is 4.31 Å². The molecule has 1 aliphatic heterocycles. The quantitative estimate of drug-likeness (QED) is 0.396. The first kappa shape index (κ1) is 20.8. The number of hydrogen-bond donors (Lipinski definition) is 4. The van der Waals surface area contributed by atoms with Crippen LogP contribution in [-0.2, 0) is 14.8 Å². The van der Waals surface area contributed by atoms with E-state index in [4.69, 9.17) is 9.84 Å². The van der Waals surface area contributed by atoms with E-state index >= 15 is 0 Å². The van der Waals surface area contributed by atoms with Crippen molar-refractivity contribution in [2.75, 3.05) is 19.7 Å². The average molecular weight is 355 g/mol. The summed E-state index contributed by atoms with van der Waals surface area (Å²) in [7, 11) is -3.99. The zero-order valence-electron chi connectivity index (χ0n) is 13.7. The van der Waals surface area contributed by atoms with Gasteiger partial charge in [0.25, 0.3) is 0 Å². The minimum Gasteiger partial charge on any atom is -0.394 e. The molecule has 4 N–H and O–H groups in total. The lowest BCUT2D eigenvalue weighted by Gasteiger charge is -2.26. The number of unbranched alkanes of at least 4 members (excludes halogenated alkanes) is 2. The minimum atomic E-state index is -3.99. The molecule has 0 aromatic carbocycles. The molecule has 1 aliphatic rings. The lowest BCUT2D eigenvalue weighted by atomic mass is 10.1. The fourth-order valence-electron chi connectivity index (χ4n) is 2.52. The molecular weight excluding hydrogens is 326 g/mol. The summed E-state index contributed by atoms with van der Waals surface area (Å²) in [5.41, 5.74) is -1.64. The van der Waals surface area contributed by atoms with Crippen LogP contribution in [0.25, 0.3) is 0 Å². The van der Waals surface area contributed by atoms with E-state index in [9.17, 15) is 23.7 Å². The van der Waals surface area contributed by atoms with Crippen molar-refractivity contribution in [3.8, 4) is 0 Å². The van der Waals surface area contributed by atoms with E-state index in [1.807, 2.05) is 13.8 Å². The molecule has 0 spiro atoms. The fourth-order valence-corrected chi connectivity index (χ4v) is 4.37. The first-order chi connectivity index (χ1) is 10.8. The number of hydrogen-bond acceptors (Lipinski definition) is 7. The van der Waals surface area contributed by atoms with Gasteiger partial charge in [-0.15, -0.1) is 0 Å². The number of aliphatic hydroxyl groups is 4. The maximum atomic E-state index is 12.7. The van der Waals surface area contributed by atoms with Crippen LogP contribution in [0.1, 0.15) is 39.5 Å². The Morgan fingerprint density at radius 3 is 2.04 bits per heavy atom. The zero-order chi connectivity index (χ0) is 17.6. The van der Waals surface area contributed by atoms with E-state index in [0.717, 1.165) is 12.8 Å². The second kappa shape index (κ2) is 9.26. The Morgan fingerprint density at radius 1 is 1.09 bits per heavy atom. The molecule has 0 amide bonds. The first-order valence-electron chi connectivity index (χ1n) is 8.10. The molecule has 138 valence electrons. The molecule has 0 saturated carbocycles. The third-order valence-corrected chi connectivity index (χ3v) is 6.06. The van der Waals surface area contributed by atoms with E-state index < -0.39 is 46.5 Å². The Kier molecular flexibility index (Phi) is 8.36. The van der Waals surface area contributed by atoms with Gasteiger partial charge in [-0.25, -0.2) is 8.42 Å². The molecule has 1 fully saturated rings. The molecule has 0 aromatic heterocycles. The Labute approximate surface area is 137 Å². The monoisotopic (exact) mass is 355 g/mol. The van der Waals surface area contributed by atoms with E-state index in [0.29, 0.717) is 25.9 Å². The van der Waals surface area contributed by atoms with Crippen LogP contribution in [0.2, 0.25) is 0 Å². The molecule has 0 unspecified atom stereocenters. The number of ether oxygens (including phenoxy) is 1. The summed E-state index contributed by atoms with van der Waals surface area (Å²) >= 11 is 0. The molecule has 23 heavy (non-hydrogen) atoms. The van der Waals surface area contributed by atoms with Crippen molar-refractivity contribution in [2.45, 2.75) is 69.4 Å². The van der Waals surface area contributed by atoms with Gasteiger partial charge in [0, 0.05) is 13.1 Å². The molecule has 1 heterocycles. The highest BCUT2D eigenvalue weighted by atomic mass is 32.2. The highest BCUT2D eigenvalue weighted by Crippen LogP contribution is 2.29. The van der Waals surface area contributed by atoms with Crippen LogP contribution in [0.15, 0.2) is 0 Å². The molecule has 0 radical (unpaired) electrons. The Hall–Kier alpha value is -0.290. The standard InChI is InChI=1S/C14H29NO7S/c1-3-5-7-15(8-6-4-2)23(20,21)14-12(19)11(18)13(22-14)10(17)9-16/h10-14,16-19H,3-9H2,1-2H3/t10-,11-,12-,13+,14+/m1/s1. The molecule has 9 heteroatoms. The summed E-state index contributed by atoms with van der Waals surface area (Å²) in [5.74, 6) is 0. The fraction of sp³-hybridized carbons (Fsp3) is 1.00. The Bertz CT molecular complexity index is 436. The molecule has 1 rings (SSSR count). The van der Waals surface area contributed by atoms with Crippen molar-refractivity contribution in [2.24, 2.45) is 0 Å². The molecule has 0 aromatic rings. The van der Waals surface area contributed by atoms with Gasteiger partial charge in [0.2, 0.25) is 15.5 Å². The average Bonchev–Trinajstić information content (AvgIpc) is 2.83. The van der Waals surface area contributed by atoms with Crippen molar-refractivity contribution >= 4 is 10.0 Å². The zero-order valence-corrected chi connectivity index (χ0v) is 14.5. The van der Waals surface area contributed by atoms with Gasteiger partial charge in [-0.2, -0.15) is 4.31 Å². The summed E-state index contributed by atoms with van der Waals surface area (Å²) in [5, 5.41) is 38.5. The number of rotatable bonds is 10. The number of sulfonamides is 1. The van der Waals surface area contributed by atoms with Crippen LogP contribution in [0.4, 0.5) is 0 Å². The maximum absolute atomic E-state index is 12.7. The van der Waals surface area contributed by atoms with Gasteiger partial charge in [0.1, 0.15) is 24.4 Å². The van der Waals surface area contributed by atoms with E-state index in [1.165, 1.54) is 4.31 Å². The van der Waals surface area contributed by atoms with Gasteiger partial charge in [-0.05, 0) is 12.8 Å². The van der Waals surface area contributed by atoms with Crippen LogP contribution >= 0.6 is 0 Å². The van der Waals surface area contributed by atoms with Crippen molar-refractivity contribution in [3.63, 3.8) is 0 Å². The lowest BCUT2D eigenvalue weighted by Crippen LogP contribution is -2.45. The lowest BCUT2D eigenvalue weighted by molar-refractivity contribution is -0.0724. The normalized spacial score (nSPS) is 30.0. The second-order valence-electron chi connectivity index (χ2n) is 5.85. The summed E-state index contributed by atoms with van der Waals surface area (Å²) in [6.45, 7) is 3.83. The predicted octanol–water partition coefficient (Wildman–Crippen LogP) is -0.982. The first-order valence-corrected chi connectivity index (χ1v) is 9.61. The van der Waals surface area contributed by atoms with Crippen LogP contribution in [0, 0.1) is 0 Å². The predicted molar refractivity (Wildman–Crippen MR) is 84.1 cm³/mol. The molecule has 8 nitrogen and oxygen atoms in total. The summed E-state index contributed by atoms with van der Waals surface area (Å²) in [4.78, 5) is 0. The van der Waals surface area contributed by atoms with Gasteiger partial charge in [0.05, 0.1) is 6.61 Å². The molecular formula is C14H29NO7S. The van der Waals surface area contributed by atoms with Gasteiger partial charge in [-0.1, -0.05) is 26.7 Å². The van der Waals surface area contributed by atoms with Crippen LogP contribution in [0.3, 0.4) is 0 Å². The van der Waals surface area contributed by atoms with Crippen LogP contribution in [0.5, 0.6) is 0 Å². The Balaban J connectivity index is 2.94. The van der Waals surface area contributed by atoms with Gasteiger partial charge in [0.15, 0.2) is 0 Å². The second-order valence-corrected chi connectivity index (χ2v) is 7.86. The number of nitrogens with zero attached hydrogens (tertiary/aromatic N) is 1. The van der Waals surface area contributed by atoms with Crippen molar-refractivity contribution < 1.29 is 33.6 Å². The van der Waals surface area contributed by atoms with Gasteiger partial charge < -0.3 is 25.2 Å². The maximum Gasteiger partial charge on any atom is 0.244 e. The smallest absolute Gasteiger partial charge is 0.244 e. The van der Waals surface area contributed by atoms with E-state index in [2.05, 4.69) is 0 Å². The highest BCUT2D eigenvalue weighted by molar-refractivity contribution is 7.89. The SMILES string of the molecule is CCCCN(CCCC)S(=O)(=O)[C@@H]1O[C@@H]([C@H](O)CO)[C@H](O)[C@H]1O. The molecule has 1 saturated heterocycles.